The highest BCUT2D eigenvalue weighted by molar-refractivity contribution is 6.04. The number of hydrogen-bond donors (Lipinski definition) is 2. The Bertz CT molecular complexity index is 707. The number of ketones is 1. The summed E-state index contributed by atoms with van der Waals surface area (Å²) in [5.74, 6) is 0.251. The summed E-state index contributed by atoms with van der Waals surface area (Å²) in [6.45, 7) is 1.70. The van der Waals surface area contributed by atoms with Crippen LogP contribution < -0.4 is 15.6 Å². The number of carbonyl (C=O) groups is 2. The van der Waals surface area contributed by atoms with Crippen molar-refractivity contribution in [3.05, 3.63) is 77.5 Å². The maximum absolute atomic E-state index is 12.0. The third-order valence-corrected chi connectivity index (χ3v) is 3.13. The lowest BCUT2D eigenvalue weighted by atomic mass is 10.1. The van der Waals surface area contributed by atoms with Gasteiger partial charge in [-0.25, -0.2) is 0 Å². The van der Waals surface area contributed by atoms with Crippen LogP contribution in [0.25, 0.3) is 0 Å². The molecule has 5 heteroatoms. The molecule has 0 heterocycles. The van der Waals surface area contributed by atoms with Gasteiger partial charge in [-0.2, -0.15) is 0 Å². The first-order valence-corrected chi connectivity index (χ1v) is 7.08. The molecule has 0 fully saturated rings. The van der Waals surface area contributed by atoms with Gasteiger partial charge in [0.25, 0.3) is 5.91 Å². The fourth-order valence-corrected chi connectivity index (χ4v) is 1.89. The van der Waals surface area contributed by atoms with Crippen LogP contribution in [0.15, 0.2) is 66.4 Å². The molecular formula is C18H18N2O3. The fourth-order valence-electron chi connectivity index (χ4n) is 1.89. The Balaban J connectivity index is 1.92. The summed E-state index contributed by atoms with van der Waals surface area (Å²) < 4.78 is 5.04. The van der Waals surface area contributed by atoms with Gasteiger partial charge in [0.05, 0.1) is 7.11 Å². The summed E-state index contributed by atoms with van der Waals surface area (Å²) in [4.78, 5) is 24.0. The van der Waals surface area contributed by atoms with E-state index in [1.807, 2.05) is 6.07 Å². The lowest BCUT2D eigenvalue weighted by Crippen LogP contribution is -2.36. The maximum atomic E-state index is 12.0. The van der Waals surface area contributed by atoms with Crippen molar-refractivity contribution in [3.8, 4) is 5.75 Å². The molecule has 0 aliphatic rings. The number of hydrogen-bond acceptors (Lipinski definition) is 4. The molecule has 0 spiro atoms. The Morgan fingerprint density at radius 1 is 0.913 bits per heavy atom. The molecule has 2 aromatic rings. The van der Waals surface area contributed by atoms with Gasteiger partial charge in [-0.1, -0.05) is 30.3 Å². The number of rotatable bonds is 6. The molecule has 2 aromatic carbocycles. The standard InChI is InChI=1S/C18H18N2O3/c1-13(12-17(21)14-6-4-3-5-7-14)19-20-18(22)15-8-10-16(23-2)11-9-15/h3-12,19H,1-2H3,(H,20,22). The van der Waals surface area contributed by atoms with Gasteiger partial charge < -0.3 is 10.2 Å². The number of benzene rings is 2. The van der Waals surface area contributed by atoms with Crippen LogP contribution in [0.5, 0.6) is 5.75 Å². The maximum Gasteiger partial charge on any atom is 0.269 e. The van der Waals surface area contributed by atoms with Crippen molar-refractivity contribution in [2.45, 2.75) is 6.92 Å². The number of allylic oxidation sites excluding steroid dienone is 2. The molecule has 0 saturated carbocycles. The first-order valence-electron chi connectivity index (χ1n) is 7.08. The Hall–Kier alpha value is -3.08. The molecule has 0 saturated heterocycles. The van der Waals surface area contributed by atoms with Crippen molar-refractivity contribution in [2.24, 2.45) is 0 Å². The van der Waals surface area contributed by atoms with Crippen LogP contribution in [0.4, 0.5) is 0 Å². The van der Waals surface area contributed by atoms with E-state index in [0.717, 1.165) is 0 Å². The van der Waals surface area contributed by atoms with Crippen molar-refractivity contribution in [1.29, 1.82) is 0 Å². The average Bonchev–Trinajstić information content (AvgIpc) is 2.60. The minimum atomic E-state index is -0.299. The summed E-state index contributed by atoms with van der Waals surface area (Å²) in [6, 6.07) is 15.6. The van der Waals surface area contributed by atoms with Crippen LogP contribution in [0.3, 0.4) is 0 Å². The summed E-state index contributed by atoms with van der Waals surface area (Å²) in [5, 5.41) is 0. The number of carbonyl (C=O) groups excluding carboxylic acids is 2. The lowest BCUT2D eigenvalue weighted by molar-refractivity contribution is 0.0936. The summed E-state index contributed by atoms with van der Waals surface area (Å²) in [6.07, 6.45) is 1.43. The number of amides is 1. The summed E-state index contributed by atoms with van der Waals surface area (Å²) in [5.41, 5.74) is 6.88. The third-order valence-electron chi connectivity index (χ3n) is 3.13. The van der Waals surface area contributed by atoms with Crippen LogP contribution >= 0.6 is 0 Å². The van der Waals surface area contributed by atoms with Crippen molar-refractivity contribution in [1.82, 2.24) is 10.9 Å². The molecule has 5 nitrogen and oxygen atoms in total. The second-order valence-electron chi connectivity index (χ2n) is 4.87. The zero-order valence-electron chi connectivity index (χ0n) is 13.0. The summed E-state index contributed by atoms with van der Waals surface area (Å²) >= 11 is 0. The summed E-state index contributed by atoms with van der Waals surface area (Å²) in [7, 11) is 1.56. The molecule has 2 N–H and O–H groups in total. The molecule has 118 valence electrons. The van der Waals surface area contributed by atoms with E-state index < -0.39 is 0 Å². The van der Waals surface area contributed by atoms with Gasteiger partial charge in [0, 0.05) is 22.9 Å². The average molecular weight is 310 g/mol. The van der Waals surface area contributed by atoms with E-state index in [2.05, 4.69) is 10.9 Å². The quantitative estimate of drug-likeness (QED) is 0.489. The second-order valence-corrected chi connectivity index (χ2v) is 4.87. The largest absolute Gasteiger partial charge is 0.497 e. The van der Waals surface area contributed by atoms with Crippen LogP contribution in [0, 0.1) is 0 Å². The molecule has 0 aliphatic carbocycles. The van der Waals surface area contributed by atoms with E-state index in [1.54, 1.807) is 62.6 Å². The predicted molar refractivity (Wildman–Crippen MR) is 88.1 cm³/mol. The highest BCUT2D eigenvalue weighted by Crippen LogP contribution is 2.10. The molecule has 1 amide bonds. The predicted octanol–water partition coefficient (Wildman–Crippen LogP) is 2.72. The van der Waals surface area contributed by atoms with Gasteiger partial charge in [-0.3, -0.25) is 15.0 Å². The number of methoxy groups -OCH3 is 1. The highest BCUT2D eigenvalue weighted by atomic mass is 16.5. The fraction of sp³-hybridized carbons (Fsp3) is 0.111. The van der Waals surface area contributed by atoms with Gasteiger partial charge >= 0.3 is 0 Å². The zero-order valence-corrected chi connectivity index (χ0v) is 13.0. The molecule has 0 bridgehead atoms. The highest BCUT2D eigenvalue weighted by Gasteiger charge is 2.06. The Kier molecular flexibility index (Phi) is 5.52. The van der Waals surface area contributed by atoms with Crippen molar-refractivity contribution in [2.75, 3.05) is 7.11 Å². The minimum Gasteiger partial charge on any atom is -0.497 e. The first-order chi connectivity index (χ1) is 11.1. The minimum absolute atomic E-state index is 0.130. The van der Waals surface area contributed by atoms with Gasteiger partial charge in [-0.15, -0.1) is 0 Å². The second kappa shape index (κ2) is 7.79. The molecule has 0 aromatic heterocycles. The zero-order chi connectivity index (χ0) is 16.7. The number of ether oxygens (including phenoxy) is 1. The Morgan fingerprint density at radius 3 is 2.17 bits per heavy atom. The lowest BCUT2D eigenvalue weighted by Gasteiger charge is -2.09. The molecule has 0 aliphatic heterocycles. The van der Waals surface area contributed by atoms with E-state index in [1.165, 1.54) is 6.08 Å². The van der Waals surface area contributed by atoms with Gasteiger partial charge in [-0.05, 0) is 31.2 Å². The van der Waals surface area contributed by atoms with Gasteiger partial charge in [0.15, 0.2) is 5.78 Å². The van der Waals surface area contributed by atoms with Crippen LogP contribution in [0.1, 0.15) is 27.6 Å². The Labute approximate surface area is 134 Å². The smallest absolute Gasteiger partial charge is 0.269 e. The van der Waals surface area contributed by atoms with Crippen LogP contribution in [-0.2, 0) is 0 Å². The van der Waals surface area contributed by atoms with E-state index in [4.69, 9.17) is 4.74 Å². The molecular weight excluding hydrogens is 292 g/mol. The number of nitrogens with one attached hydrogen (secondary N) is 2. The SMILES string of the molecule is COc1ccc(C(=O)NNC(C)=CC(=O)c2ccccc2)cc1. The van der Waals surface area contributed by atoms with E-state index in [9.17, 15) is 9.59 Å². The van der Waals surface area contributed by atoms with Crippen molar-refractivity contribution in [3.63, 3.8) is 0 Å². The van der Waals surface area contributed by atoms with E-state index >= 15 is 0 Å². The normalized spacial score (nSPS) is 10.8. The molecule has 0 unspecified atom stereocenters. The molecule has 0 atom stereocenters. The molecule has 2 rings (SSSR count). The monoisotopic (exact) mass is 310 g/mol. The van der Waals surface area contributed by atoms with E-state index in [-0.39, 0.29) is 11.7 Å². The van der Waals surface area contributed by atoms with Crippen molar-refractivity contribution >= 4 is 11.7 Å². The van der Waals surface area contributed by atoms with Gasteiger partial charge in [0.1, 0.15) is 5.75 Å². The van der Waals surface area contributed by atoms with E-state index in [0.29, 0.717) is 22.6 Å². The van der Waals surface area contributed by atoms with Crippen molar-refractivity contribution < 1.29 is 14.3 Å². The third kappa shape index (κ3) is 4.71. The topological polar surface area (TPSA) is 67.4 Å². The van der Waals surface area contributed by atoms with Crippen LogP contribution in [-0.4, -0.2) is 18.8 Å². The Morgan fingerprint density at radius 2 is 1.57 bits per heavy atom. The van der Waals surface area contributed by atoms with Gasteiger partial charge in [0.2, 0.25) is 0 Å². The molecule has 23 heavy (non-hydrogen) atoms. The van der Waals surface area contributed by atoms with Crippen LogP contribution in [0.2, 0.25) is 0 Å². The molecule has 0 radical (unpaired) electrons. The first kappa shape index (κ1) is 16.3. The number of hydrazine groups is 1.